The average Bonchev–Trinajstić information content (AvgIpc) is 2.91. The summed E-state index contributed by atoms with van der Waals surface area (Å²) in [6.45, 7) is 4.57. The monoisotopic (exact) mass is 359 g/mol. The van der Waals surface area contributed by atoms with Gasteiger partial charge in [-0.3, -0.25) is 14.3 Å². The molecule has 0 aliphatic rings. The lowest BCUT2D eigenvalue weighted by atomic mass is 10.4. The van der Waals surface area contributed by atoms with Crippen molar-refractivity contribution in [3.63, 3.8) is 0 Å². The lowest BCUT2D eigenvalue weighted by Gasteiger charge is -2.16. The van der Waals surface area contributed by atoms with Crippen LogP contribution in [-0.4, -0.2) is 45.7 Å². The maximum absolute atomic E-state index is 12.3. The number of H-pyrrole nitrogens is 1. The molecule has 2 rings (SSSR count). The van der Waals surface area contributed by atoms with Gasteiger partial charge >= 0.3 is 7.60 Å². The third-order valence-corrected chi connectivity index (χ3v) is 5.27. The Labute approximate surface area is 138 Å². The van der Waals surface area contributed by atoms with E-state index >= 15 is 0 Å². The molecule has 2 aromatic rings. The molecule has 0 radical (unpaired) electrons. The molecule has 24 heavy (non-hydrogen) atoms. The highest BCUT2D eigenvalue weighted by atomic mass is 31.2. The van der Waals surface area contributed by atoms with Crippen molar-refractivity contribution in [3.05, 3.63) is 16.7 Å². The quantitative estimate of drug-likeness (QED) is 0.477. The van der Waals surface area contributed by atoms with E-state index in [1.807, 2.05) is 0 Å². The molecule has 3 N–H and O–H groups in total. The summed E-state index contributed by atoms with van der Waals surface area (Å²) in [5.41, 5.74) is 5.50. The summed E-state index contributed by atoms with van der Waals surface area (Å²) >= 11 is 0. The van der Waals surface area contributed by atoms with Gasteiger partial charge < -0.3 is 19.6 Å². The lowest BCUT2D eigenvalue weighted by Crippen LogP contribution is -2.16. The maximum atomic E-state index is 12.3. The van der Waals surface area contributed by atoms with Crippen LogP contribution in [0.4, 0.5) is 5.95 Å². The molecule has 2 aromatic heterocycles. The van der Waals surface area contributed by atoms with E-state index in [2.05, 4.69) is 15.0 Å². The van der Waals surface area contributed by atoms with Gasteiger partial charge in [-0.05, 0) is 26.7 Å². The highest BCUT2D eigenvalue weighted by Gasteiger charge is 2.22. The number of nitrogen functional groups attached to an aromatic ring is 1. The molecular weight excluding hydrogens is 337 g/mol. The fourth-order valence-corrected chi connectivity index (χ4v) is 3.86. The van der Waals surface area contributed by atoms with E-state index in [0.29, 0.717) is 38.8 Å². The Morgan fingerprint density at radius 3 is 2.67 bits per heavy atom. The number of aromatic amines is 1. The summed E-state index contributed by atoms with van der Waals surface area (Å²) < 4.78 is 24.0. The van der Waals surface area contributed by atoms with Gasteiger partial charge in [-0.25, -0.2) is 4.98 Å². The predicted octanol–water partition coefficient (Wildman–Crippen LogP) is 1.18. The largest absolute Gasteiger partial charge is 0.411 e. The minimum absolute atomic E-state index is 0.00721. The number of imidazole rings is 1. The Morgan fingerprint density at radius 1 is 1.29 bits per heavy atom. The summed E-state index contributed by atoms with van der Waals surface area (Å²) in [7, 11) is -3.02. The van der Waals surface area contributed by atoms with Crippen LogP contribution in [0.25, 0.3) is 11.2 Å². The zero-order chi connectivity index (χ0) is 17.6. The van der Waals surface area contributed by atoms with Gasteiger partial charge in [-0.2, -0.15) is 9.71 Å². The normalized spacial score (nSPS) is 11.9. The van der Waals surface area contributed by atoms with Crippen molar-refractivity contribution in [2.24, 2.45) is 0 Å². The van der Waals surface area contributed by atoms with Crippen LogP contribution >= 0.6 is 7.60 Å². The molecule has 0 saturated heterocycles. The van der Waals surface area contributed by atoms with E-state index in [4.69, 9.17) is 19.6 Å². The molecule has 0 spiro atoms. The molecule has 0 bridgehead atoms. The molecule has 0 aliphatic heterocycles. The first-order chi connectivity index (χ1) is 11.5. The standard InChI is InChI=1S/C13H22N5O5P/c1-3-22-24(20,23-4-2)8-6-5-7-21-18-9-15-10-11(18)16-13(14)17-12(10)19/h9H,3-8H2,1-2H3,(H3,14,16,17,19). The van der Waals surface area contributed by atoms with Gasteiger partial charge in [-0.1, -0.05) is 0 Å². The molecular formula is C13H22N5O5P. The van der Waals surface area contributed by atoms with Crippen LogP contribution in [0.15, 0.2) is 11.1 Å². The minimum Gasteiger partial charge on any atom is -0.411 e. The van der Waals surface area contributed by atoms with Crippen molar-refractivity contribution in [1.82, 2.24) is 19.7 Å². The third kappa shape index (κ3) is 4.56. The molecule has 0 fully saturated rings. The summed E-state index contributed by atoms with van der Waals surface area (Å²) in [5.74, 6) is -0.00721. The minimum atomic E-state index is -3.02. The van der Waals surface area contributed by atoms with Crippen LogP contribution in [0.5, 0.6) is 0 Å². The van der Waals surface area contributed by atoms with Crippen LogP contribution in [0, 0.1) is 0 Å². The molecule has 2 heterocycles. The van der Waals surface area contributed by atoms with Crippen molar-refractivity contribution >= 4 is 24.7 Å². The van der Waals surface area contributed by atoms with Crippen LogP contribution in [0.1, 0.15) is 26.7 Å². The third-order valence-electron chi connectivity index (χ3n) is 3.10. The summed E-state index contributed by atoms with van der Waals surface area (Å²) in [5, 5.41) is 0. The van der Waals surface area contributed by atoms with Crippen molar-refractivity contribution < 1.29 is 18.5 Å². The lowest BCUT2D eigenvalue weighted by molar-refractivity contribution is 0.114. The van der Waals surface area contributed by atoms with Crippen molar-refractivity contribution in [3.8, 4) is 0 Å². The number of hydrogen-bond acceptors (Lipinski definition) is 8. The van der Waals surface area contributed by atoms with Gasteiger partial charge in [0, 0.05) is 0 Å². The molecule has 0 unspecified atom stereocenters. The number of hydrogen-bond donors (Lipinski definition) is 2. The van der Waals surface area contributed by atoms with Gasteiger partial charge in [-0.15, -0.1) is 0 Å². The Kier molecular flexibility index (Phi) is 6.36. The fraction of sp³-hybridized carbons (Fsp3) is 0.615. The predicted molar refractivity (Wildman–Crippen MR) is 89.0 cm³/mol. The van der Waals surface area contributed by atoms with Gasteiger partial charge in [0.2, 0.25) is 11.6 Å². The van der Waals surface area contributed by atoms with Crippen LogP contribution in [0.2, 0.25) is 0 Å². The zero-order valence-corrected chi connectivity index (χ0v) is 14.6. The molecule has 0 amide bonds. The Hall–Kier alpha value is -1.90. The van der Waals surface area contributed by atoms with E-state index in [-0.39, 0.29) is 17.1 Å². The average molecular weight is 359 g/mol. The van der Waals surface area contributed by atoms with Crippen LogP contribution < -0.4 is 16.1 Å². The highest BCUT2D eigenvalue weighted by molar-refractivity contribution is 7.53. The number of unbranched alkanes of at least 4 members (excludes halogenated alkanes) is 1. The number of aromatic nitrogens is 4. The Bertz CT molecular complexity index is 764. The smallest absolute Gasteiger partial charge is 0.330 e. The van der Waals surface area contributed by atoms with E-state index in [0.717, 1.165) is 0 Å². The number of rotatable bonds is 10. The van der Waals surface area contributed by atoms with Crippen LogP contribution in [0.3, 0.4) is 0 Å². The number of nitrogens with zero attached hydrogens (tertiary/aromatic N) is 3. The summed E-state index contributed by atoms with van der Waals surface area (Å²) in [6.07, 6.45) is 2.92. The number of nitrogens with two attached hydrogens (primary N) is 1. The molecule has 10 nitrogen and oxygen atoms in total. The second-order valence-corrected chi connectivity index (χ2v) is 7.09. The Morgan fingerprint density at radius 2 is 2.00 bits per heavy atom. The number of anilines is 1. The molecule has 134 valence electrons. The molecule has 0 aromatic carbocycles. The second-order valence-electron chi connectivity index (χ2n) is 4.90. The van der Waals surface area contributed by atoms with Gasteiger partial charge in [0.1, 0.15) is 12.9 Å². The van der Waals surface area contributed by atoms with Gasteiger partial charge in [0.25, 0.3) is 5.56 Å². The first-order valence-corrected chi connectivity index (χ1v) is 9.46. The highest BCUT2D eigenvalue weighted by Crippen LogP contribution is 2.48. The Balaban J connectivity index is 1.87. The molecule has 0 atom stereocenters. The first kappa shape index (κ1) is 18.4. The van der Waals surface area contributed by atoms with E-state index in [1.54, 1.807) is 13.8 Å². The van der Waals surface area contributed by atoms with Crippen molar-refractivity contribution in [2.75, 3.05) is 31.7 Å². The molecule has 0 aliphatic carbocycles. The van der Waals surface area contributed by atoms with Crippen molar-refractivity contribution in [2.45, 2.75) is 26.7 Å². The van der Waals surface area contributed by atoms with Crippen LogP contribution in [-0.2, 0) is 13.6 Å². The van der Waals surface area contributed by atoms with Crippen molar-refractivity contribution in [1.29, 1.82) is 0 Å². The molecule has 0 saturated carbocycles. The van der Waals surface area contributed by atoms with Gasteiger partial charge in [0.15, 0.2) is 5.52 Å². The van der Waals surface area contributed by atoms with E-state index in [9.17, 15) is 9.36 Å². The van der Waals surface area contributed by atoms with E-state index < -0.39 is 13.2 Å². The van der Waals surface area contributed by atoms with Gasteiger partial charge in [0.05, 0.1) is 19.4 Å². The fourth-order valence-electron chi connectivity index (χ4n) is 2.13. The summed E-state index contributed by atoms with van der Waals surface area (Å²) in [4.78, 5) is 27.5. The topological polar surface area (TPSA) is 134 Å². The second kappa shape index (κ2) is 8.27. The zero-order valence-electron chi connectivity index (χ0n) is 13.7. The number of nitrogens with one attached hydrogen (secondary N) is 1. The van der Waals surface area contributed by atoms with E-state index in [1.165, 1.54) is 11.1 Å². The SMILES string of the molecule is CCOP(=O)(CCCCOn1cnc2c(=O)[nH]c(N)nc21)OCC. The molecule has 11 heteroatoms. The maximum Gasteiger partial charge on any atom is 0.330 e. The first-order valence-electron chi connectivity index (χ1n) is 7.73. The number of fused-ring (bicyclic) bond motifs is 1. The summed E-state index contributed by atoms with van der Waals surface area (Å²) in [6, 6.07) is 0.